The third-order valence-corrected chi connectivity index (χ3v) is 2.23. The van der Waals surface area contributed by atoms with E-state index in [0.717, 1.165) is 23.3 Å². The Bertz CT molecular complexity index is 272. The summed E-state index contributed by atoms with van der Waals surface area (Å²) in [6.45, 7) is 2.02. The average molecular weight is 201 g/mol. The third-order valence-electron chi connectivity index (χ3n) is 2.01. The highest BCUT2D eigenvalue weighted by Crippen LogP contribution is 2.27. The van der Waals surface area contributed by atoms with Gasteiger partial charge in [0.15, 0.2) is 0 Å². The molecule has 0 atom stereocenters. The zero-order valence-electron chi connectivity index (χ0n) is 7.80. The van der Waals surface area contributed by atoms with Crippen LogP contribution in [0.2, 0.25) is 5.02 Å². The number of halogens is 1. The second-order valence-electron chi connectivity index (χ2n) is 2.76. The number of hydrogen-bond acceptors (Lipinski definition) is 2. The van der Waals surface area contributed by atoms with Crippen LogP contribution in [-0.2, 0) is 13.0 Å². The van der Waals surface area contributed by atoms with Gasteiger partial charge in [-0.1, -0.05) is 18.5 Å². The van der Waals surface area contributed by atoms with Crippen LogP contribution in [0.4, 0.5) is 0 Å². The van der Waals surface area contributed by atoms with Gasteiger partial charge in [0.1, 0.15) is 5.75 Å². The third kappa shape index (κ3) is 2.14. The van der Waals surface area contributed by atoms with Crippen molar-refractivity contribution in [3.8, 4) is 5.75 Å². The first-order valence-electron chi connectivity index (χ1n) is 4.19. The van der Waals surface area contributed by atoms with E-state index in [1.54, 1.807) is 19.2 Å². The Labute approximate surface area is 83.1 Å². The lowest BCUT2D eigenvalue weighted by Gasteiger charge is -2.11. The van der Waals surface area contributed by atoms with Crippen LogP contribution in [0.3, 0.4) is 0 Å². The summed E-state index contributed by atoms with van der Waals surface area (Å²) >= 11 is 5.85. The molecule has 0 aromatic heterocycles. The van der Waals surface area contributed by atoms with Gasteiger partial charge in [0, 0.05) is 5.02 Å². The lowest BCUT2D eigenvalue weighted by atomic mass is 10.0. The molecule has 0 spiro atoms. The van der Waals surface area contributed by atoms with Crippen LogP contribution < -0.4 is 4.74 Å². The quantitative estimate of drug-likeness (QED) is 0.812. The van der Waals surface area contributed by atoms with Gasteiger partial charge >= 0.3 is 0 Å². The van der Waals surface area contributed by atoms with Gasteiger partial charge in [-0.05, 0) is 29.7 Å². The van der Waals surface area contributed by atoms with Crippen LogP contribution in [0.1, 0.15) is 18.1 Å². The molecule has 0 unspecified atom stereocenters. The topological polar surface area (TPSA) is 29.5 Å². The minimum absolute atomic E-state index is 0.0000926. The highest BCUT2D eigenvalue weighted by molar-refractivity contribution is 6.30. The summed E-state index contributed by atoms with van der Waals surface area (Å²) in [6, 6.07) is 3.53. The van der Waals surface area contributed by atoms with Gasteiger partial charge in [-0.3, -0.25) is 0 Å². The molecule has 1 N–H and O–H groups in total. The van der Waals surface area contributed by atoms with Gasteiger partial charge in [0.2, 0.25) is 0 Å². The Kier molecular flexibility index (Phi) is 3.58. The fourth-order valence-corrected chi connectivity index (χ4v) is 1.62. The molecule has 1 aromatic rings. The number of rotatable bonds is 3. The molecule has 2 nitrogen and oxygen atoms in total. The fraction of sp³-hybridized carbons (Fsp3) is 0.400. The molecule has 0 aliphatic heterocycles. The molecule has 72 valence electrons. The van der Waals surface area contributed by atoms with Crippen LogP contribution in [0, 0.1) is 0 Å². The van der Waals surface area contributed by atoms with Crippen molar-refractivity contribution in [3.05, 3.63) is 28.3 Å². The Morgan fingerprint density at radius 3 is 2.62 bits per heavy atom. The van der Waals surface area contributed by atoms with Crippen molar-refractivity contribution in [2.45, 2.75) is 20.0 Å². The number of benzene rings is 1. The minimum atomic E-state index is 0.0000926. The summed E-state index contributed by atoms with van der Waals surface area (Å²) in [4.78, 5) is 0. The Balaban J connectivity index is 3.25. The highest BCUT2D eigenvalue weighted by atomic mass is 35.5. The summed E-state index contributed by atoms with van der Waals surface area (Å²) in [5, 5.41) is 9.68. The van der Waals surface area contributed by atoms with Crippen molar-refractivity contribution in [1.29, 1.82) is 0 Å². The molecule has 0 heterocycles. The minimum Gasteiger partial charge on any atom is -0.496 e. The van der Waals surface area contributed by atoms with Crippen LogP contribution in [0.5, 0.6) is 5.75 Å². The summed E-state index contributed by atoms with van der Waals surface area (Å²) in [5.41, 5.74) is 1.86. The summed E-state index contributed by atoms with van der Waals surface area (Å²) in [7, 11) is 1.60. The largest absolute Gasteiger partial charge is 0.496 e. The van der Waals surface area contributed by atoms with E-state index in [0.29, 0.717) is 5.02 Å². The van der Waals surface area contributed by atoms with Gasteiger partial charge in [-0.15, -0.1) is 0 Å². The van der Waals surface area contributed by atoms with Crippen LogP contribution in [-0.4, -0.2) is 12.2 Å². The Hall–Kier alpha value is -0.730. The Morgan fingerprint density at radius 1 is 1.46 bits per heavy atom. The molecule has 13 heavy (non-hydrogen) atoms. The van der Waals surface area contributed by atoms with Gasteiger partial charge in [-0.25, -0.2) is 0 Å². The number of hydrogen-bond donors (Lipinski definition) is 1. The van der Waals surface area contributed by atoms with Gasteiger partial charge in [-0.2, -0.15) is 0 Å². The van der Waals surface area contributed by atoms with Gasteiger partial charge in [0.25, 0.3) is 0 Å². The second-order valence-corrected chi connectivity index (χ2v) is 3.19. The van der Waals surface area contributed by atoms with E-state index in [2.05, 4.69) is 0 Å². The molecule has 3 heteroatoms. The number of methoxy groups -OCH3 is 1. The average Bonchev–Trinajstić information content (AvgIpc) is 2.16. The number of aliphatic hydroxyl groups excluding tert-OH is 1. The van der Waals surface area contributed by atoms with Crippen molar-refractivity contribution in [3.63, 3.8) is 0 Å². The molecule has 0 amide bonds. The fourth-order valence-electron chi connectivity index (χ4n) is 1.39. The molecule has 1 aromatic carbocycles. The predicted octanol–water partition coefficient (Wildman–Crippen LogP) is 2.40. The Morgan fingerprint density at radius 2 is 2.15 bits per heavy atom. The van der Waals surface area contributed by atoms with E-state index in [1.807, 2.05) is 6.92 Å². The zero-order chi connectivity index (χ0) is 9.84. The molecule has 0 aliphatic rings. The maximum Gasteiger partial charge on any atom is 0.123 e. The molecule has 1 rings (SSSR count). The number of aliphatic hydroxyl groups is 1. The monoisotopic (exact) mass is 200 g/mol. The van der Waals surface area contributed by atoms with Crippen LogP contribution in [0.25, 0.3) is 0 Å². The van der Waals surface area contributed by atoms with Crippen molar-refractivity contribution in [2.75, 3.05) is 7.11 Å². The molecule has 0 radical (unpaired) electrons. The molecule has 0 bridgehead atoms. The molecule has 0 saturated carbocycles. The maximum atomic E-state index is 9.08. The van der Waals surface area contributed by atoms with E-state index < -0.39 is 0 Å². The van der Waals surface area contributed by atoms with E-state index >= 15 is 0 Å². The molecule has 0 fully saturated rings. The number of ether oxygens (including phenoxy) is 1. The normalized spacial score (nSPS) is 10.2. The second kappa shape index (κ2) is 4.49. The van der Waals surface area contributed by atoms with Crippen molar-refractivity contribution in [1.82, 2.24) is 0 Å². The molecular formula is C10H13ClO2. The lowest BCUT2D eigenvalue weighted by Crippen LogP contribution is -1.97. The van der Waals surface area contributed by atoms with Gasteiger partial charge < -0.3 is 9.84 Å². The first-order chi connectivity index (χ1) is 6.22. The summed E-state index contributed by atoms with van der Waals surface area (Å²) in [6.07, 6.45) is 0.830. The van der Waals surface area contributed by atoms with Crippen molar-refractivity contribution in [2.24, 2.45) is 0 Å². The maximum absolute atomic E-state index is 9.08. The van der Waals surface area contributed by atoms with E-state index in [4.69, 9.17) is 21.4 Å². The van der Waals surface area contributed by atoms with Crippen LogP contribution in [0.15, 0.2) is 12.1 Å². The highest BCUT2D eigenvalue weighted by Gasteiger charge is 2.08. The van der Waals surface area contributed by atoms with Crippen molar-refractivity contribution >= 4 is 11.6 Å². The van der Waals surface area contributed by atoms with Crippen LogP contribution >= 0.6 is 11.6 Å². The summed E-state index contributed by atoms with van der Waals surface area (Å²) < 4.78 is 5.16. The first kappa shape index (κ1) is 10.4. The lowest BCUT2D eigenvalue weighted by molar-refractivity contribution is 0.279. The van der Waals surface area contributed by atoms with E-state index in [-0.39, 0.29) is 6.61 Å². The standard InChI is InChI=1S/C10H13ClO2/c1-3-9-7(6-12)4-8(11)5-10(9)13-2/h4-5,12H,3,6H2,1-2H3. The molecule has 0 saturated heterocycles. The molecule has 0 aliphatic carbocycles. The van der Waals surface area contributed by atoms with E-state index in [1.165, 1.54) is 0 Å². The zero-order valence-corrected chi connectivity index (χ0v) is 8.56. The summed E-state index contributed by atoms with van der Waals surface area (Å²) in [5.74, 6) is 0.749. The predicted molar refractivity (Wildman–Crippen MR) is 53.3 cm³/mol. The molecular weight excluding hydrogens is 188 g/mol. The van der Waals surface area contributed by atoms with E-state index in [9.17, 15) is 0 Å². The van der Waals surface area contributed by atoms with Crippen molar-refractivity contribution < 1.29 is 9.84 Å². The van der Waals surface area contributed by atoms with Gasteiger partial charge in [0.05, 0.1) is 13.7 Å². The smallest absolute Gasteiger partial charge is 0.123 e. The SMILES string of the molecule is CCc1c(CO)cc(Cl)cc1OC. The first-order valence-corrected chi connectivity index (χ1v) is 4.56.